The van der Waals surface area contributed by atoms with E-state index in [2.05, 4.69) is 44.3 Å². The SMILES string of the molecule is CN1CCN(c2ccc(Nc3ncc4ccc(=O)n(CCOCc5ccccc5)c4n3)cc2)CC1. The Labute approximate surface area is 204 Å². The molecular weight excluding hydrogens is 440 g/mol. The van der Waals surface area contributed by atoms with Gasteiger partial charge in [0.15, 0.2) is 0 Å². The lowest BCUT2D eigenvalue weighted by atomic mass is 10.2. The third-order valence-electron chi connectivity index (χ3n) is 6.29. The zero-order valence-corrected chi connectivity index (χ0v) is 19.9. The minimum Gasteiger partial charge on any atom is -0.375 e. The molecule has 1 N–H and O–H groups in total. The predicted molar refractivity (Wildman–Crippen MR) is 139 cm³/mol. The first-order valence-corrected chi connectivity index (χ1v) is 11.9. The van der Waals surface area contributed by atoms with Crippen molar-refractivity contribution in [2.75, 3.05) is 50.1 Å². The maximum Gasteiger partial charge on any atom is 0.252 e. The van der Waals surface area contributed by atoms with Gasteiger partial charge in [-0.05, 0) is 42.9 Å². The van der Waals surface area contributed by atoms with Gasteiger partial charge in [-0.3, -0.25) is 9.36 Å². The fourth-order valence-corrected chi connectivity index (χ4v) is 4.22. The molecule has 0 unspecified atom stereocenters. The van der Waals surface area contributed by atoms with Gasteiger partial charge in [-0.25, -0.2) is 4.98 Å². The fraction of sp³-hybridized carbons (Fsp3) is 0.296. The van der Waals surface area contributed by atoms with Crippen LogP contribution in [0.3, 0.4) is 0 Å². The van der Waals surface area contributed by atoms with E-state index in [-0.39, 0.29) is 5.56 Å². The number of fused-ring (bicyclic) bond motifs is 1. The molecule has 8 heteroatoms. The van der Waals surface area contributed by atoms with Crippen molar-refractivity contribution in [3.8, 4) is 0 Å². The smallest absolute Gasteiger partial charge is 0.252 e. The zero-order valence-electron chi connectivity index (χ0n) is 19.9. The summed E-state index contributed by atoms with van der Waals surface area (Å²) in [5.74, 6) is 0.453. The molecule has 2 aromatic carbocycles. The number of rotatable bonds is 8. The zero-order chi connectivity index (χ0) is 24.0. The van der Waals surface area contributed by atoms with Gasteiger partial charge in [0.05, 0.1) is 19.8 Å². The molecule has 0 saturated carbocycles. The van der Waals surface area contributed by atoms with Gasteiger partial charge in [-0.1, -0.05) is 30.3 Å². The average Bonchev–Trinajstić information content (AvgIpc) is 2.89. The molecule has 0 radical (unpaired) electrons. The molecule has 0 aliphatic carbocycles. The number of anilines is 3. The topological polar surface area (TPSA) is 75.5 Å². The minimum atomic E-state index is -0.109. The third-order valence-corrected chi connectivity index (χ3v) is 6.29. The summed E-state index contributed by atoms with van der Waals surface area (Å²) in [6.07, 6.45) is 1.74. The summed E-state index contributed by atoms with van der Waals surface area (Å²) in [7, 11) is 2.16. The Bertz CT molecular complexity index is 1320. The first-order valence-electron chi connectivity index (χ1n) is 11.9. The maximum absolute atomic E-state index is 12.6. The van der Waals surface area contributed by atoms with Gasteiger partial charge in [-0.2, -0.15) is 4.98 Å². The van der Waals surface area contributed by atoms with E-state index >= 15 is 0 Å². The van der Waals surface area contributed by atoms with E-state index in [1.54, 1.807) is 22.9 Å². The summed E-state index contributed by atoms with van der Waals surface area (Å²) in [6, 6.07) is 21.6. The molecule has 1 fully saturated rings. The molecule has 0 bridgehead atoms. The van der Waals surface area contributed by atoms with Gasteiger partial charge < -0.3 is 19.9 Å². The maximum atomic E-state index is 12.6. The molecule has 3 heterocycles. The van der Waals surface area contributed by atoms with Gasteiger partial charge in [0, 0.05) is 55.2 Å². The Hall–Kier alpha value is -3.75. The highest BCUT2D eigenvalue weighted by Crippen LogP contribution is 2.21. The molecule has 5 rings (SSSR count). The summed E-state index contributed by atoms with van der Waals surface area (Å²) in [5.41, 5.74) is 3.70. The molecule has 2 aromatic heterocycles. The highest BCUT2D eigenvalue weighted by Gasteiger charge is 2.14. The summed E-state index contributed by atoms with van der Waals surface area (Å²) >= 11 is 0. The van der Waals surface area contributed by atoms with Crippen molar-refractivity contribution in [1.82, 2.24) is 19.4 Å². The van der Waals surface area contributed by atoms with Gasteiger partial charge in [0.1, 0.15) is 5.65 Å². The number of nitrogens with one attached hydrogen (secondary N) is 1. The lowest BCUT2D eigenvalue weighted by molar-refractivity contribution is 0.113. The lowest BCUT2D eigenvalue weighted by Gasteiger charge is -2.34. The normalized spacial score (nSPS) is 14.4. The Balaban J connectivity index is 1.27. The van der Waals surface area contributed by atoms with E-state index in [0.717, 1.165) is 42.8 Å². The monoisotopic (exact) mass is 470 g/mol. The van der Waals surface area contributed by atoms with E-state index < -0.39 is 0 Å². The van der Waals surface area contributed by atoms with Crippen LogP contribution in [0.1, 0.15) is 5.56 Å². The van der Waals surface area contributed by atoms with Crippen molar-refractivity contribution in [2.24, 2.45) is 0 Å². The van der Waals surface area contributed by atoms with E-state index in [1.165, 1.54) is 5.69 Å². The Morgan fingerprint density at radius 3 is 2.49 bits per heavy atom. The van der Waals surface area contributed by atoms with Gasteiger partial charge >= 0.3 is 0 Å². The predicted octanol–water partition coefficient (Wildman–Crippen LogP) is 3.50. The van der Waals surface area contributed by atoms with Crippen molar-refractivity contribution >= 4 is 28.4 Å². The van der Waals surface area contributed by atoms with Crippen LogP contribution in [-0.4, -0.2) is 59.3 Å². The van der Waals surface area contributed by atoms with Gasteiger partial charge in [-0.15, -0.1) is 0 Å². The number of benzene rings is 2. The molecule has 1 saturated heterocycles. The number of piperazine rings is 1. The van der Waals surface area contributed by atoms with E-state index in [4.69, 9.17) is 4.74 Å². The highest BCUT2D eigenvalue weighted by molar-refractivity contribution is 5.75. The van der Waals surface area contributed by atoms with Gasteiger partial charge in [0.2, 0.25) is 5.95 Å². The molecule has 0 amide bonds. The summed E-state index contributed by atoms with van der Waals surface area (Å²) < 4.78 is 7.44. The van der Waals surface area contributed by atoms with Crippen LogP contribution in [0, 0.1) is 0 Å². The first kappa shape index (κ1) is 23.0. The van der Waals surface area contributed by atoms with Crippen molar-refractivity contribution in [3.05, 3.63) is 88.8 Å². The van der Waals surface area contributed by atoms with Crippen LogP contribution in [0.4, 0.5) is 17.3 Å². The fourth-order valence-electron chi connectivity index (χ4n) is 4.22. The number of hydrogen-bond acceptors (Lipinski definition) is 7. The molecule has 35 heavy (non-hydrogen) atoms. The molecule has 1 aliphatic rings. The van der Waals surface area contributed by atoms with Crippen LogP contribution < -0.4 is 15.8 Å². The number of likely N-dealkylation sites (N-methyl/N-ethyl adjacent to an activating group) is 1. The summed E-state index contributed by atoms with van der Waals surface area (Å²) in [6.45, 7) is 5.54. The molecule has 0 atom stereocenters. The van der Waals surface area contributed by atoms with Crippen LogP contribution in [0.2, 0.25) is 0 Å². The highest BCUT2D eigenvalue weighted by atomic mass is 16.5. The number of aromatic nitrogens is 3. The van der Waals surface area contributed by atoms with Crippen molar-refractivity contribution in [2.45, 2.75) is 13.2 Å². The molecular formula is C27H30N6O2. The molecule has 1 aliphatic heterocycles. The second kappa shape index (κ2) is 10.7. The number of ether oxygens (including phenoxy) is 1. The Morgan fingerprint density at radius 1 is 0.943 bits per heavy atom. The number of pyridine rings is 1. The number of nitrogens with zero attached hydrogens (tertiary/aromatic N) is 5. The van der Waals surface area contributed by atoms with Gasteiger partial charge in [0.25, 0.3) is 5.56 Å². The van der Waals surface area contributed by atoms with E-state index in [9.17, 15) is 4.79 Å². The summed E-state index contributed by atoms with van der Waals surface area (Å²) in [5, 5.41) is 4.08. The third kappa shape index (κ3) is 5.67. The minimum absolute atomic E-state index is 0.109. The van der Waals surface area contributed by atoms with Crippen LogP contribution >= 0.6 is 0 Å². The molecule has 4 aromatic rings. The quantitative estimate of drug-likeness (QED) is 0.395. The van der Waals surface area contributed by atoms with Crippen LogP contribution in [-0.2, 0) is 17.9 Å². The lowest BCUT2D eigenvalue weighted by Crippen LogP contribution is -2.44. The van der Waals surface area contributed by atoms with Crippen LogP contribution in [0.25, 0.3) is 11.0 Å². The van der Waals surface area contributed by atoms with Crippen molar-refractivity contribution in [3.63, 3.8) is 0 Å². The van der Waals surface area contributed by atoms with Crippen LogP contribution in [0.15, 0.2) is 77.7 Å². The van der Waals surface area contributed by atoms with E-state index in [0.29, 0.717) is 31.4 Å². The van der Waals surface area contributed by atoms with Crippen molar-refractivity contribution in [1.29, 1.82) is 0 Å². The molecule has 0 spiro atoms. The van der Waals surface area contributed by atoms with E-state index in [1.807, 2.05) is 42.5 Å². The Kier molecular flexibility index (Phi) is 7.02. The average molecular weight is 471 g/mol. The second-order valence-electron chi connectivity index (χ2n) is 8.80. The molecule has 180 valence electrons. The molecule has 8 nitrogen and oxygen atoms in total. The van der Waals surface area contributed by atoms with Crippen LogP contribution in [0.5, 0.6) is 0 Å². The largest absolute Gasteiger partial charge is 0.375 e. The standard InChI is InChI=1S/C27H30N6O2/c1-31-13-15-32(16-14-31)24-10-8-23(9-11-24)29-27-28-19-22-7-12-25(34)33(26(22)30-27)17-18-35-20-21-5-3-2-4-6-21/h2-12,19H,13-18,20H2,1H3,(H,28,29,30). The van der Waals surface area contributed by atoms with Crippen molar-refractivity contribution < 1.29 is 4.74 Å². The first-order chi connectivity index (χ1) is 17.2. The summed E-state index contributed by atoms with van der Waals surface area (Å²) in [4.78, 5) is 26.4. The second-order valence-corrected chi connectivity index (χ2v) is 8.80. The Morgan fingerprint density at radius 2 is 1.71 bits per heavy atom. The number of hydrogen-bond donors (Lipinski definition) is 1.